The molecule has 3 fully saturated rings. The molecule has 0 bridgehead atoms. The van der Waals surface area contributed by atoms with E-state index in [0.717, 1.165) is 51.9 Å². The van der Waals surface area contributed by atoms with Crippen molar-refractivity contribution in [2.45, 2.75) is 37.8 Å². The first kappa shape index (κ1) is 22.5. The molecule has 2 atom stereocenters. The molecule has 3 rings (SSSR count). The number of nitrogens with zero attached hydrogens (tertiary/aromatic N) is 3. The van der Waals surface area contributed by atoms with Crippen LogP contribution in [0.2, 0.25) is 0 Å². The zero-order valence-electron chi connectivity index (χ0n) is 16.3. The summed E-state index contributed by atoms with van der Waals surface area (Å²) in [4.78, 5) is 9.68. The maximum atomic E-state index is 5.56. The Morgan fingerprint density at radius 3 is 2.73 bits per heavy atom. The van der Waals surface area contributed by atoms with Crippen LogP contribution < -0.4 is 10.6 Å². The molecule has 3 aliphatic rings. The van der Waals surface area contributed by atoms with Gasteiger partial charge in [-0.25, -0.2) is 0 Å². The zero-order chi connectivity index (χ0) is 17.5. The second-order valence-corrected chi connectivity index (χ2v) is 8.46. The third kappa shape index (κ3) is 5.62. The van der Waals surface area contributed by atoms with Gasteiger partial charge in [0.25, 0.3) is 0 Å². The van der Waals surface area contributed by atoms with E-state index < -0.39 is 0 Å². The zero-order valence-corrected chi connectivity index (χ0v) is 19.5. The van der Waals surface area contributed by atoms with Gasteiger partial charge >= 0.3 is 0 Å². The molecule has 152 valence electrons. The smallest absolute Gasteiger partial charge is 0.191 e. The van der Waals surface area contributed by atoms with Crippen molar-refractivity contribution in [1.82, 2.24) is 20.4 Å². The second-order valence-electron chi connectivity index (χ2n) is 7.36. The number of aliphatic imine (C=N–C) groups is 1. The van der Waals surface area contributed by atoms with Crippen molar-refractivity contribution >= 4 is 41.7 Å². The Balaban J connectivity index is 0.00000243. The van der Waals surface area contributed by atoms with Crippen LogP contribution in [0, 0.1) is 0 Å². The number of nitrogens with one attached hydrogen (secondary N) is 2. The lowest BCUT2D eigenvalue weighted by molar-refractivity contribution is -0.0120. The number of morpholine rings is 1. The minimum Gasteiger partial charge on any atom is -0.379 e. The molecule has 0 aromatic carbocycles. The van der Waals surface area contributed by atoms with Crippen molar-refractivity contribution in [3.63, 3.8) is 0 Å². The van der Waals surface area contributed by atoms with Gasteiger partial charge in [0, 0.05) is 50.6 Å². The molecule has 3 aliphatic heterocycles. The molecular formula is C18H36IN5OS. The third-order valence-electron chi connectivity index (χ3n) is 5.98. The number of likely N-dealkylation sites (tertiary alicyclic amines) is 1. The quantitative estimate of drug-likeness (QED) is 0.330. The standard InChI is InChI=1S/C18H35N5OS.HI/c1-3-22-7-4-5-16(22)13-20-17(19-2)21-14-18(6-12-25-15-18)23-8-10-24-11-9-23;/h16H,3-15H2,1-2H3,(H2,19,20,21);1H. The molecule has 3 saturated heterocycles. The fourth-order valence-electron chi connectivity index (χ4n) is 4.36. The van der Waals surface area contributed by atoms with Crippen molar-refractivity contribution in [2.75, 3.05) is 71.0 Å². The fraction of sp³-hybridized carbons (Fsp3) is 0.944. The van der Waals surface area contributed by atoms with E-state index in [1.165, 1.54) is 37.3 Å². The first-order chi connectivity index (χ1) is 12.3. The molecule has 6 nitrogen and oxygen atoms in total. The van der Waals surface area contributed by atoms with Crippen molar-refractivity contribution in [1.29, 1.82) is 0 Å². The van der Waals surface area contributed by atoms with Gasteiger partial charge in [0.05, 0.1) is 13.2 Å². The van der Waals surface area contributed by atoms with Gasteiger partial charge in [0.2, 0.25) is 0 Å². The molecule has 3 heterocycles. The van der Waals surface area contributed by atoms with E-state index >= 15 is 0 Å². The van der Waals surface area contributed by atoms with E-state index in [2.05, 4.69) is 44.1 Å². The Bertz CT molecular complexity index is 441. The van der Waals surface area contributed by atoms with Crippen LogP contribution >= 0.6 is 35.7 Å². The van der Waals surface area contributed by atoms with E-state index in [9.17, 15) is 0 Å². The van der Waals surface area contributed by atoms with Crippen molar-refractivity contribution < 1.29 is 4.74 Å². The number of guanidine groups is 1. The van der Waals surface area contributed by atoms with E-state index in [0.29, 0.717) is 6.04 Å². The number of hydrogen-bond donors (Lipinski definition) is 2. The molecule has 0 aromatic rings. The summed E-state index contributed by atoms with van der Waals surface area (Å²) >= 11 is 2.08. The van der Waals surface area contributed by atoms with Crippen LogP contribution in [0.1, 0.15) is 26.2 Å². The first-order valence-electron chi connectivity index (χ1n) is 9.86. The Morgan fingerprint density at radius 1 is 1.27 bits per heavy atom. The highest BCUT2D eigenvalue weighted by atomic mass is 127. The summed E-state index contributed by atoms with van der Waals surface area (Å²) in [6, 6.07) is 0.652. The molecule has 8 heteroatoms. The number of thioether (sulfide) groups is 1. The topological polar surface area (TPSA) is 52.1 Å². The highest BCUT2D eigenvalue weighted by Crippen LogP contribution is 2.33. The molecule has 26 heavy (non-hydrogen) atoms. The lowest BCUT2D eigenvalue weighted by Gasteiger charge is -2.43. The summed E-state index contributed by atoms with van der Waals surface area (Å²) in [5.41, 5.74) is 0.259. The summed E-state index contributed by atoms with van der Waals surface area (Å²) in [6.45, 7) is 10.5. The van der Waals surface area contributed by atoms with Gasteiger partial charge < -0.3 is 15.4 Å². The fourth-order valence-corrected chi connectivity index (χ4v) is 5.84. The Kier molecular flexibility index (Phi) is 9.77. The highest BCUT2D eigenvalue weighted by Gasteiger charge is 2.40. The minimum absolute atomic E-state index is 0. The maximum absolute atomic E-state index is 5.56. The lowest BCUT2D eigenvalue weighted by Crippen LogP contribution is -2.60. The molecule has 0 aromatic heterocycles. The molecule has 2 unspecified atom stereocenters. The van der Waals surface area contributed by atoms with Crippen LogP contribution in [0.4, 0.5) is 0 Å². The average molecular weight is 497 g/mol. The summed E-state index contributed by atoms with van der Waals surface area (Å²) in [5.74, 6) is 3.43. The number of hydrogen-bond acceptors (Lipinski definition) is 5. The highest BCUT2D eigenvalue weighted by molar-refractivity contribution is 14.0. The van der Waals surface area contributed by atoms with Crippen LogP contribution in [0.3, 0.4) is 0 Å². The first-order valence-corrected chi connectivity index (χ1v) is 11.0. The Labute approximate surface area is 180 Å². The SMILES string of the molecule is CCN1CCCC1CNC(=NC)NCC1(N2CCOCC2)CCSC1.I. The van der Waals surface area contributed by atoms with Gasteiger partial charge in [0.1, 0.15) is 0 Å². The van der Waals surface area contributed by atoms with Gasteiger partial charge in [-0.3, -0.25) is 14.8 Å². The monoisotopic (exact) mass is 497 g/mol. The number of rotatable bonds is 6. The predicted molar refractivity (Wildman–Crippen MR) is 122 cm³/mol. The molecule has 0 amide bonds. The van der Waals surface area contributed by atoms with E-state index in [-0.39, 0.29) is 29.5 Å². The normalized spacial score (nSPS) is 31.0. The van der Waals surface area contributed by atoms with Crippen LogP contribution in [0.15, 0.2) is 4.99 Å². The van der Waals surface area contributed by atoms with Gasteiger partial charge in [-0.2, -0.15) is 11.8 Å². The predicted octanol–water partition coefficient (Wildman–Crippen LogP) is 1.46. The van der Waals surface area contributed by atoms with Gasteiger partial charge in [0.15, 0.2) is 5.96 Å². The molecule has 0 aliphatic carbocycles. The summed E-state index contributed by atoms with van der Waals surface area (Å²) in [6.07, 6.45) is 3.88. The molecule has 0 spiro atoms. The number of ether oxygens (including phenoxy) is 1. The Hall–Kier alpha value is 0.230. The molecule has 2 N–H and O–H groups in total. The van der Waals surface area contributed by atoms with E-state index in [4.69, 9.17) is 4.74 Å². The van der Waals surface area contributed by atoms with Crippen LogP contribution in [0.25, 0.3) is 0 Å². The largest absolute Gasteiger partial charge is 0.379 e. The second kappa shape index (κ2) is 11.3. The summed E-state index contributed by atoms with van der Waals surface area (Å²) in [5, 5.41) is 7.20. The maximum Gasteiger partial charge on any atom is 0.191 e. The van der Waals surface area contributed by atoms with E-state index in [1.807, 2.05) is 7.05 Å². The van der Waals surface area contributed by atoms with E-state index in [1.54, 1.807) is 0 Å². The molecule has 0 radical (unpaired) electrons. The number of halogens is 1. The number of likely N-dealkylation sites (N-methyl/N-ethyl adjacent to an activating group) is 1. The lowest BCUT2D eigenvalue weighted by atomic mass is 9.95. The summed E-state index contributed by atoms with van der Waals surface area (Å²) in [7, 11) is 1.88. The Morgan fingerprint density at radius 2 is 2.08 bits per heavy atom. The van der Waals surface area contributed by atoms with Gasteiger partial charge in [-0.15, -0.1) is 24.0 Å². The summed E-state index contributed by atoms with van der Waals surface area (Å²) < 4.78 is 5.56. The molecule has 0 saturated carbocycles. The van der Waals surface area contributed by atoms with Crippen LogP contribution in [0.5, 0.6) is 0 Å². The van der Waals surface area contributed by atoms with Crippen LogP contribution in [-0.2, 0) is 4.74 Å². The van der Waals surface area contributed by atoms with Crippen molar-refractivity contribution in [3.8, 4) is 0 Å². The average Bonchev–Trinajstić information content (AvgIpc) is 3.32. The molecular weight excluding hydrogens is 461 g/mol. The van der Waals surface area contributed by atoms with Crippen LogP contribution in [-0.4, -0.2) is 98.4 Å². The third-order valence-corrected chi connectivity index (χ3v) is 7.22. The van der Waals surface area contributed by atoms with Crippen molar-refractivity contribution in [3.05, 3.63) is 0 Å². The van der Waals surface area contributed by atoms with Gasteiger partial charge in [-0.1, -0.05) is 6.92 Å². The van der Waals surface area contributed by atoms with Crippen molar-refractivity contribution in [2.24, 2.45) is 4.99 Å². The van der Waals surface area contributed by atoms with Gasteiger partial charge in [-0.05, 0) is 38.1 Å². The minimum atomic E-state index is 0.